The van der Waals surface area contributed by atoms with Gasteiger partial charge in [0, 0.05) is 12.6 Å². The van der Waals surface area contributed by atoms with Crippen molar-refractivity contribution in [2.75, 3.05) is 6.54 Å². The summed E-state index contributed by atoms with van der Waals surface area (Å²) in [6.45, 7) is 17.3. The molecule has 1 aliphatic heterocycles. The topological polar surface area (TPSA) is 134 Å². The van der Waals surface area contributed by atoms with Crippen molar-refractivity contribution < 1.29 is 28.7 Å². The van der Waals surface area contributed by atoms with Gasteiger partial charge in [0.15, 0.2) is 0 Å². The first-order valence-corrected chi connectivity index (χ1v) is 14.3. The van der Waals surface area contributed by atoms with Gasteiger partial charge in [0.2, 0.25) is 17.6 Å². The van der Waals surface area contributed by atoms with Gasteiger partial charge in [-0.25, -0.2) is 4.79 Å². The molecule has 3 rings (SSSR count). The van der Waals surface area contributed by atoms with Gasteiger partial charge < -0.3 is 25.6 Å². The fourth-order valence-electron chi connectivity index (χ4n) is 5.63. The Morgan fingerprint density at radius 1 is 1.00 bits per heavy atom. The maximum atomic E-state index is 14.0. The van der Waals surface area contributed by atoms with Crippen LogP contribution >= 0.6 is 0 Å². The van der Waals surface area contributed by atoms with Crippen LogP contribution in [0.25, 0.3) is 0 Å². The highest BCUT2D eigenvalue weighted by Crippen LogP contribution is 2.65. The summed E-state index contributed by atoms with van der Waals surface area (Å²) in [5, 5.41) is 8.30. The van der Waals surface area contributed by atoms with E-state index in [9.17, 15) is 24.0 Å². The van der Waals surface area contributed by atoms with E-state index in [1.807, 2.05) is 27.7 Å². The molecule has 3 aliphatic rings. The van der Waals surface area contributed by atoms with Crippen LogP contribution in [0.4, 0.5) is 4.79 Å². The molecule has 0 aromatic carbocycles. The van der Waals surface area contributed by atoms with E-state index in [1.165, 1.54) is 0 Å². The zero-order valence-electron chi connectivity index (χ0n) is 25.1. The SMILES string of the molecule is CCCCC(NC(=O)[C@@H]1[C@@H]2[C@H](CN1C(=O)[C@@H](NC(=O)OC(C)(C)C)C(C)(C)C)C2(C)C)C(=O)C(=O)NC1CC1. The molecule has 0 bridgehead atoms. The minimum absolute atomic E-state index is 0.0340. The number of nitrogens with one attached hydrogen (secondary N) is 3. The minimum Gasteiger partial charge on any atom is -0.444 e. The number of fused-ring (bicyclic) bond motifs is 1. The Bertz CT molecular complexity index is 991. The Hall–Kier alpha value is -2.65. The highest BCUT2D eigenvalue weighted by Gasteiger charge is 2.70. The van der Waals surface area contributed by atoms with Crippen molar-refractivity contribution in [3.05, 3.63) is 0 Å². The van der Waals surface area contributed by atoms with Crippen molar-refractivity contribution in [1.29, 1.82) is 0 Å². The van der Waals surface area contributed by atoms with E-state index in [4.69, 9.17) is 4.74 Å². The molecule has 1 saturated heterocycles. The molecule has 1 unspecified atom stereocenters. The fraction of sp³-hybridized carbons (Fsp3) is 0.828. The van der Waals surface area contributed by atoms with Gasteiger partial charge >= 0.3 is 6.09 Å². The molecule has 2 aliphatic carbocycles. The van der Waals surface area contributed by atoms with E-state index in [1.54, 1.807) is 25.7 Å². The van der Waals surface area contributed by atoms with Gasteiger partial charge in [0.05, 0.1) is 6.04 Å². The molecule has 1 heterocycles. The number of alkyl carbamates (subject to hydrolysis) is 1. The second-order valence-electron chi connectivity index (χ2n) is 14.1. The van der Waals surface area contributed by atoms with Crippen LogP contribution in [0.1, 0.15) is 94.4 Å². The van der Waals surface area contributed by atoms with Crippen LogP contribution in [-0.4, -0.2) is 70.8 Å². The summed E-state index contributed by atoms with van der Waals surface area (Å²) in [6, 6.07) is -2.64. The Morgan fingerprint density at radius 2 is 1.62 bits per heavy atom. The average Bonchev–Trinajstić information content (AvgIpc) is 3.64. The predicted octanol–water partition coefficient (Wildman–Crippen LogP) is 2.93. The summed E-state index contributed by atoms with van der Waals surface area (Å²) in [4.78, 5) is 67.5. The summed E-state index contributed by atoms with van der Waals surface area (Å²) < 4.78 is 5.41. The van der Waals surface area contributed by atoms with E-state index in [-0.39, 0.29) is 29.2 Å². The van der Waals surface area contributed by atoms with Gasteiger partial charge in [-0.05, 0) is 62.7 Å². The third-order valence-electron chi connectivity index (χ3n) is 8.15. The quantitative estimate of drug-likeness (QED) is 0.360. The summed E-state index contributed by atoms with van der Waals surface area (Å²) in [7, 11) is 0. The van der Waals surface area contributed by atoms with Crippen LogP contribution in [0.2, 0.25) is 0 Å². The van der Waals surface area contributed by atoms with Gasteiger partial charge in [0.1, 0.15) is 17.7 Å². The highest BCUT2D eigenvalue weighted by molar-refractivity contribution is 6.38. The Balaban J connectivity index is 1.81. The van der Waals surface area contributed by atoms with Gasteiger partial charge in [-0.3, -0.25) is 19.2 Å². The molecule has 2 saturated carbocycles. The average molecular weight is 549 g/mol. The molecule has 10 heteroatoms. The molecule has 0 radical (unpaired) electrons. The van der Waals surface area contributed by atoms with E-state index in [0.717, 1.165) is 19.3 Å². The number of nitrogens with zero attached hydrogens (tertiary/aromatic N) is 1. The monoisotopic (exact) mass is 548 g/mol. The Labute approximate surface area is 232 Å². The lowest BCUT2D eigenvalue weighted by atomic mass is 9.85. The van der Waals surface area contributed by atoms with E-state index >= 15 is 0 Å². The van der Waals surface area contributed by atoms with Crippen molar-refractivity contribution in [3.63, 3.8) is 0 Å². The zero-order chi connectivity index (χ0) is 29.5. The molecule has 220 valence electrons. The minimum atomic E-state index is -0.952. The first-order chi connectivity index (χ1) is 17.9. The molecular weight excluding hydrogens is 500 g/mol. The van der Waals surface area contributed by atoms with Gasteiger partial charge in [-0.2, -0.15) is 0 Å². The van der Waals surface area contributed by atoms with E-state index < -0.39 is 52.8 Å². The summed E-state index contributed by atoms with van der Waals surface area (Å²) in [5.74, 6) is -2.06. The largest absolute Gasteiger partial charge is 0.444 e. The molecule has 0 aromatic rings. The smallest absolute Gasteiger partial charge is 0.408 e. The van der Waals surface area contributed by atoms with Gasteiger partial charge in [0.25, 0.3) is 5.91 Å². The van der Waals surface area contributed by atoms with E-state index in [2.05, 4.69) is 29.8 Å². The normalized spacial score (nSPS) is 25.2. The zero-order valence-corrected chi connectivity index (χ0v) is 25.1. The number of hydrogen-bond donors (Lipinski definition) is 3. The molecule has 0 spiro atoms. The maximum absolute atomic E-state index is 14.0. The third kappa shape index (κ3) is 7.31. The van der Waals surface area contributed by atoms with Crippen molar-refractivity contribution in [2.45, 2.75) is 124 Å². The highest BCUT2D eigenvalue weighted by atomic mass is 16.6. The van der Waals surface area contributed by atoms with Crippen LogP contribution in [0.15, 0.2) is 0 Å². The van der Waals surface area contributed by atoms with Crippen molar-refractivity contribution in [2.24, 2.45) is 22.7 Å². The van der Waals surface area contributed by atoms with Crippen LogP contribution < -0.4 is 16.0 Å². The molecule has 39 heavy (non-hydrogen) atoms. The molecule has 5 atom stereocenters. The molecule has 0 aromatic heterocycles. The second kappa shape index (κ2) is 11.1. The fourth-order valence-corrected chi connectivity index (χ4v) is 5.63. The predicted molar refractivity (Wildman–Crippen MR) is 147 cm³/mol. The number of carbonyl (C=O) groups is 5. The maximum Gasteiger partial charge on any atom is 0.408 e. The molecule has 3 N–H and O–H groups in total. The van der Waals surface area contributed by atoms with Gasteiger partial charge in [-0.1, -0.05) is 54.4 Å². The number of unbranched alkanes of at least 4 members (excludes halogenated alkanes) is 1. The number of ketones is 1. The standard InChI is InChI=1S/C29H48N4O6/c1-10-11-12-18(21(34)24(36)30-16-13-14-16)31-23(35)20-19-17(29(19,8)9)15-33(20)25(37)22(27(2,3)4)32-26(38)39-28(5,6)7/h16-20,22H,10-15H2,1-9H3,(H,30,36)(H,31,35)(H,32,38)/t17-,18?,19-,20-,22+/m0/s1. The first kappa shape index (κ1) is 30.9. The summed E-state index contributed by atoms with van der Waals surface area (Å²) in [5.41, 5.74) is -1.53. The number of ether oxygens (including phenoxy) is 1. The van der Waals surface area contributed by atoms with Crippen molar-refractivity contribution in [1.82, 2.24) is 20.9 Å². The van der Waals surface area contributed by atoms with Crippen LogP contribution in [0.5, 0.6) is 0 Å². The summed E-state index contributed by atoms with van der Waals surface area (Å²) in [6.07, 6.45) is 2.84. The number of piperidine rings is 1. The number of likely N-dealkylation sites (tertiary alicyclic amines) is 1. The first-order valence-electron chi connectivity index (χ1n) is 14.3. The third-order valence-corrected chi connectivity index (χ3v) is 8.15. The Kier molecular flexibility index (Phi) is 8.78. The molecule has 3 fully saturated rings. The van der Waals surface area contributed by atoms with Gasteiger partial charge in [-0.15, -0.1) is 0 Å². The number of hydrogen-bond acceptors (Lipinski definition) is 6. The number of rotatable bonds is 10. The van der Waals surface area contributed by atoms with Crippen molar-refractivity contribution >= 4 is 29.6 Å². The lowest BCUT2D eigenvalue weighted by Gasteiger charge is -2.38. The Morgan fingerprint density at radius 3 is 2.13 bits per heavy atom. The lowest BCUT2D eigenvalue weighted by molar-refractivity contribution is -0.145. The van der Waals surface area contributed by atoms with E-state index in [0.29, 0.717) is 19.4 Å². The van der Waals surface area contributed by atoms with Crippen LogP contribution in [0, 0.1) is 22.7 Å². The number of amides is 4. The van der Waals surface area contributed by atoms with Crippen LogP contribution in [0.3, 0.4) is 0 Å². The second-order valence-corrected chi connectivity index (χ2v) is 14.1. The number of Topliss-reactive ketones (excluding diaryl/α,β-unsaturated/α-hetero) is 1. The number of carbonyl (C=O) groups excluding carboxylic acids is 5. The lowest BCUT2D eigenvalue weighted by Crippen LogP contribution is -2.60. The molecule has 10 nitrogen and oxygen atoms in total. The molecule has 4 amide bonds. The van der Waals surface area contributed by atoms with Crippen LogP contribution in [-0.2, 0) is 23.9 Å². The summed E-state index contributed by atoms with van der Waals surface area (Å²) >= 11 is 0. The van der Waals surface area contributed by atoms with Crippen molar-refractivity contribution in [3.8, 4) is 0 Å². The molecular formula is C29H48N4O6.